The van der Waals surface area contributed by atoms with Gasteiger partial charge in [0.1, 0.15) is 0 Å². The number of hydrogen-bond donors (Lipinski definition) is 1. The van der Waals surface area contributed by atoms with Crippen LogP contribution in [0.5, 0.6) is 0 Å². The first-order chi connectivity index (χ1) is 6.27. The molecule has 1 aromatic rings. The van der Waals surface area contributed by atoms with Gasteiger partial charge in [0.25, 0.3) is 5.89 Å². The fourth-order valence-corrected chi connectivity index (χ4v) is 1.38. The summed E-state index contributed by atoms with van der Waals surface area (Å²) in [7, 11) is 0. The van der Waals surface area contributed by atoms with E-state index < -0.39 is 12.3 Å². The lowest BCUT2D eigenvalue weighted by Gasteiger charge is -2.01. The SMILES string of the molecule is FC(F)c1nc(C2CCCN2)no1. The normalized spacial score (nSPS) is 22.8. The highest BCUT2D eigenvalue weighted by atomic mass is 19.3. The maximum atomic E-state index is 12.1. The number of hydrogen-bond acceptors (Lipinski definition) is 4. The highest BCUT2D eigenvalue weighted by molar-refractivity contribution is 4.96. The van der Waals surface area contributed by atoms with E-state index in [1.807, 2.05) is 0 Å². The minimum Gasteiger partial charge on any atom is -0.333 e. The van der Waals surface area contributed by atoms with Crippen molar-refractivity contribution >= 4 is 0 Å². The van der Waals surface area contributed by atoms with Gasteiger partial charge in [-0.1, -0.05) is 5.16 Å². The largest absolute Gasteiger partial charge is 0.333 e. The van der Waals surface area contributed by atoms with Gasteiger partial charge >= 0.3 is 6.43 Å². The summed E-state index contributed by atoms with van der Waals surface area (Å²) in [5.41, 5.74) is 0. The number of aromatic nitrogens is 2. The van der Waals surface area contributed by atoms with Gasteiger partial charge in [0.05, 0.1) is 6.04 Å². The molecule has 6 heteroatoms. The Bertz CT molecular complexity index is 283. The Kier molecular flexibility index (Phi) is 2.22. The molecule has 0 saturated carbocycles. The Morgan fingerprint density at radius 1 is 1.54 bits per heavy atom. The molecule has 2 heterocycles. The Labute approximate surface area is 73.3 Å². The summed E-state index contributed by atoms with van der Waals surface area (Å²) < 4.78 is 28.5. The standard InChI is InChI=1S/C7H9F2N3O/c8-5(9)7-11-6(12-13-7)4-2-1-3-10-4/h4-5,10H,1-3H2. The molecule has 4 nitrogen and oxygen atoms in total. The summed E-state index contributed by atoms with van der Waals surface area (Å²) >= 11 is 0. The molecule has 0 radical (unpaired) electrons. The molecule has 1 N–H and O–H groups in total. The van der Waals surface area contributed by atoms with Crippen molar-refractivity contribution in [1.82, 2.24) is 15.5 Å². The molecule has 0 bridgehead atoms. The van der Waals surface area contributed by atoms with Crippen LogP contribution in [0.4, 0.5) is 8.78 Å². The van der Waals surface area contributed by atoms with Crippen molar-refractivity contribution in [2.75, 3.05) is 6.54 Å². The molecule has 1 aliphatic rings. The predicted molar refractivity (Wildman–Crippen MR) is 39.2 cm³/mol. The van der Waals surface area contributed by atoms with Gasteiger partial charge in [0.2, 0.25) is 0 Å². The summed E-state index contributed by atoms with van der Waals surface area (Å²) in [6, 6.07) is -0.0174. The zero-order valence-corrected chi connectivity index (χ0v) is 6.83. The average molecular weight is 189 g/mol. The Morgan fingerprint density at radius 3 is 2.92 bits per heavy atom. The quantitative estimate of drug-likeness (QED) is 0.764. The number of rotatable bonds is 2. The van der Waals surface area contributed by atoms with Crippen LogP contribution < -0.4 is 5.32 Å². The van der Waals surface area contributed by atoms with Crippen LogP contribution in [0.3, 0.4) is 0 Å². The smallest absolute Gasteiger partial charge is 0.315 e. The van der Waals surface area contributed by atoms with Crippen molar-refractivity contribution < 1.29 is 13.3 Å². The third kappa shape index (κ3) is 1.67. The van der Waals surface area contributed by atoms with Gasteiger partial charge < -0.3 is 9.84 Å². The fraction of sp³-hybridized carbons (Fsp3) is 0.714. The summed E-state index contributed by atoms with van der Waals surface area (Å²) in [5.74, 6) is -0.253. The van der Waals surface area contributed by atoms with Gasteiger partial charge in [-0.25, -0.2) is 0 Å². The maximum Gasteiger partial charge on any atom is 0.315 e. The Hall–Kier alpha value is -1.04. The van der Waals surface area contributed by atoms with Crippen LogP contribution in [0.15, 0.2) is 4.52 Å². The second kappa shape index (κ2) is 3.37. The van der Waals surface area contributed by atoms with Gasteiger partial charge in [-0.05, 0) is 19.4 Å². The molecule has 1 aromatic heterocycles. The molecule has 13 heavy (non-hydrogen) atoms. The van der Waals surface area contributed by atoms with E-state index in [0.29, 0.717) is 5.82 Å². The van der Waals surface area contributed by atoms with Crippen molar-refractivity contribution in [2.45, 2.75) is 25.3 Å². The van der Waals surface area contributed by atoms with E-state index in [-0.39, 0.29) is 6.04 Å². The summed E-state index contributed by atoms with van der Waals surface area (Å²) in [4.78, 5) is 3.60. The first-order valence-corrected chi connectivity index (χ1v) is 4.12. The lowest BCUT2D eigenvalue weighted by atomic mass is 10.2. The molecular formula is C7H9F2N3O. The molecule has 72 valence electrons. The van der Waals surface area contributed by atoms with Crippen LogP contribution >= 0.6 is 0 Å². The molecular weight excluding hydrogens is 180 g/mol. The molecule has 1 saturated heterocycles. The second-order valence-corrected chi connectivity index (χ2v) is 2.94. The number of nitrogens with one attached hydrogen (secondary N) is 1. The summed E-state index contributed by atoms with van der Waals surface area (Å²) in [6.45, 7) is 0.878. The third-order valence-corrected chi connectivity index (χ3v) is 2.02. The Balaban J connectivity index is 2.12. The van der Waals surface area contributed by atoms with Gasteiger partial charge in [-0.3, -0.25) is 0 Å². The van der Waals surface area contributed by atoms with E-state index in [4.69, 9.17) is 0 Å². The van der Waals surface area contributed by atoms with Crippen molar-refractivity contribution in [2.24, 2.45) is 0 Å². The lowest BCUT2D eigenvalue weighted by Crippen LogP contribution is -2.14. The van der Waals surface area contributed by atoms with Crippen molar-refractivity contribution in [3.05, 3.63) is 11.7 Å². The highest BCUT2D eigenvalue weighted by Gasteiger charge is 2.24. The van der Waals surface area contributed by atoms with Crippen LogP contribution in [0.1, 0.15) is 37.0 Å². The molecule has 1 fully saturated rings. The molecule has 0 aliphatic carbocycles. The number of nitrogens with zero attached hydrogens (tertiary/aromatic N) is 2. The van der Waals surface area contributed by atoms with Gasteiger partial charge in [-0.15, -0.1) is 0 Å². The minimum absolute atomic E-state index is 0.0174. The predicted octanol–water partition coefficient (Wildman–Crippen LogP) is 1.43. The molecule has 0 amide bonds. The van der Waals surface area contributed by atoms with E-state index in [2.05, 4.69) is 20.0 Å². The molecule has 2 rings (SSSR count). The summed E-state index contributed by atoms with van der Waals surface area (Å²) in [5, 5.41) is 6.59. The zero-order chi connectivity index (χ0) is 9.26. The van der Waals surface area contributed by atoms with Crippen LogP contribution in [0.2, 0.25) is 0 Å². The first-order valence-electron chi connectivity index (χ1n) is 4.12. The van der Waals surface area contributed by atoms with Crippen molar-refractivity contribution in [1.29, 1.82) is 0 Å². The lowest BCUT2D eigenvalue weighted by molar-refractivity contribution is 0.106. The van der Waals surface area contributed by atoms with E-state index in [1.165, 1.54) is 0 Å². The highest BCUT2D eigenvalue weighted by Crippen LogP contribution is 2.23. The van der Waals surface area contributed by atoms with Gasteiger partial charge in [-0.2, -0.15) is 13.8 Å². The maximum absolute atomic E-state index is 12.1. The molecule has 0 spiro atoms. The molecule has 1 unspecified atom stereocenters. The average Bonchev–Trinajstić information content (AvgIpc) is 2.75. The summed E-state index contributed by atoms with van der Waals surface area (Å²) in [6.07, 6.45) is -0.784. The van der Waals surface area contributed by atoms with Crippen molar-refractivity contribution in [3.8, 4) is 0 Å². The minimum atomic E-state index is -2.68. The van der Waals surface area contributed by atoms with E-state index in [9.17, 15) is 8.78 Å². The van der Waals surface area contributed by atoms with Crippen LogP contribution in [-0.2, 0) is 0 Å². The molecule has 1 aliphatic heterocycles. The Morgan fingerprint density at radius 2 is 2.38 bits per heavy atom. The molecule has 1 atom stereocenters. The topological polar surface area (TPSA) is 51.0 Å². The van der Waals surface area contributed by atoms with Crippen LogP contribution in [0.25, 0.3) is 0 Å². The van der Waals surface area contributed by atoms with E-state index >= 15 is 0 Å². The molecule has 0 aromatic carbocycles. The first kappa shape index (κ1) is 8.55. The zero-order valence-electron chi connectivity index (χ0n) is 6.83. The van der Waals surface area contributed by atoms with Crippen LogP contribution in [0, 0.1) is 0 Å². The van der Waals surface area contributed by atoms with Crippen molar-refractivity contribution in [3.63, 3.8) is 0 Å². The third-order valence-electron chi connectivity index (χ3n) is 2.02. The van der Waals surface area contributed by atoms with E-state index in [0.717, 1.165) is 19.4 Å². The fourth-order valence-electron chi connectivity index (χ4n) is 1.38. The van der Waals surface area contributed by atoms with Gasteiger partial charge in [0.15, 0.2) is 5.82 Å². The van der Waals surface area contributed by atoms with E-state index in [1.54, 1.807) is 0 Å². The number of halogens is 2. The monoisotopic (exact) mass is 189 g/mol. The second-order valence-electron chi connectivity index (χ2n) is 2.94. The van der Waals surface area contributed by atoms with Crippen LogP contribution in [-0.4, -0.2) is 16.7 Å². The van der Waals surface area contributed by atoms with Gasteiger partial charge in [0, 0.05) is 0 Å². The number of alkyl halides is 2.